The summed E-state index contributed by atoms with van der Waals surface area (Å²) in [6, 6.07) is 14.0. The van der Waals surface area contributed by atoms with Crippen LogP contribution in [0.25, 0.3) is 10.1 Å². The number of thiophene rings is 1. The van der Waals surface area contributed by atoms with E-state index in [0.717, 1.165) is 48.5 Å². The van der Waals surface area contributed by atoms with Gasteiger partial charge in [-0.15, -0.1) is 11.3 Å². The number of nitrogens with one attached hydrogen (secondary N) is 1. The number of ether oxygens (including phenoxy) is 1. The molecule has 6 nitrogen and oxygen atoms in total. The third-order valence-electron chi connectivity index (χ3n) is 6.03. The zero-order valence-corrected chi connectivity index (χ0v) is 19.2. The number of fused-ring (bicyclic) bond motifs is 2. The smallest absolute Gasteiger partial charge is 0.263 e. The van der Waals surface area contributed by atoms with E-state index in [-0.39, 0.29) is 18.4 Å². The number of piperazine rings is 1. The van der Waals surface area contributed by atoms with Crippen molar-refractivity contribution in [3.05, 3.63) is 63.5 Å². The van der Waals surface area contributed by atoms with Crippen molar-refractivity contribution >= 4 is 44.8 Å². The Morgan fingerprint density at radius 1 is 1.09 bits per heavy atom. The fourth-order valence-electron chi connectivity index (χ4n) is 4.26. The van der Waals surface area contributed by atoms with Gasteiger partial charge in [-0.25, -0.2) is 0 Å². The maximum atomic E-state index is 12.6. The molecule has 0 radical (unpaired) electrons. The maximum Gasteiger partial charge on any atom is 0.263 e. The Hall–Kier alpha value is -2.61. The molecule has 3 heterocycles. The van der Waals surface area contributed by atoms with Crippen molar-refractivity contribution in [1.29, 1.82) is 0 Å². The maximum absolute atomic E-state index is 12.6. The van der Waals surface area contributed by atoms with Crippen LogP contribution >= 0.6 is 22.9 Å². The van der Waals surface area contributed by atoms with Gasteiger partial charge in [0.05, 0.1) is 18.2 Å². The van der Waals surface area contributed by atoms with Crippen LogP contribution < -0.4 is 10.1 Å². The fraction of sp³-hybridized carbons (Fsp3) is 0.333. The summed E-state index contributed by atoms with van der Waals surface area (Å²) >= 11 is 7.72. The highest BCUT2D eigenvalue weighted by molar-refractivity contribution is 7.21. The molecule has 1 aromatic heterocycles. The first-order valence-corrected chi connectivity index (χ1v) is 12.0. The first kappa shape index (κ1) is 21.2. The number of hydrogen-bond acceptors (Lipinski definition) is 5. The van der Waals surface area contributed by atoms with E-state index in [1.54, 1.807) is 0 Å². The zero-order valence-electron chi connectivity index (χ0n) is 17.6. The lowest BCUT2D eigenvalue weighted by molar-refractivity contribution is -0.131. The molecule has 0 unspecified atom stereocenters. The first-order valence-electron chi connectivity index (χ1n) is 10.8. The van der Waals surface area contributed by atoms with E-state index < -0.39 is 0 Å². The highest BCUT2D eigenvalue weighted by Gasteiger charge is 2.23. The number of carbonyl (C=O) groups is 2. The molecule has 166 valence electrons. The van der Waals surface area contributed by atoms with Gasteiger partial charge in [0.2, 0.25) is 5.91 Å². The van der Waals surface area contributed by atoms with Crippen LogP contribution in [0.2, 0.25) is 5.02 Å². The van der Waals surface area contributed by atoms with Gasteiger partial charge in [-0.05, 0) is 23.3 Å². The Labute approximate surface area is 195 Å². The summed E-state index contributed by atoms with van der Waals surface area (Å²) < 4.78 is 6.54. The van der Waals surface area contributed by atoms with E-state index in [2.05, 4.69) is 28.4 Å². The third kappa shape index (κ3) is 4.33. The van der Waals surface area contributed by atoms with Crippen LogP contribution in [-0.2, 0) is 17.8 Å². The topological polar surface area (TPSA) is 61.9 Å². The van der Waals surface area contributed by atoms with Crippen molar-refractivity contribution in [3.63, 3.8) is 0 Å². The summed E-state index contributed by atoms with van der Waals surface area (Å²) in [6.07, 6.45) is 0.976. The largest absolute Gasteiger partial charge is 0.493 e. The second-order valence-electron chi connectivity index (χ2n) is 8.12. The van der Waals surface area contributed by atoms with Gasteiger partial charge in [-0.3, -0.25) is 14.5 Å². The average Bonchev–Trinajstić information content (AvgIpc) is 3.42. The Morgan fingerprint density at radius 2 is 1.91 bits per heavy atom. The van der Waals surface area contributed by atoms with Gasteiger partial charge in [-0.2, -0.15) is 0 Å². The minimum absolute atomic E-state index is 0.0196. The van der Waals surface area contributed by atoms with Crippen LogP contribution in [0.1, 0.15) is 20.8 Å². The van der Waals surface area contributed by atoms with Crippen LogP contribution in [0.5, 0.6) is 5.75 Å². The number of nitrogens with zero attached hydrogens (tertiary/aromatic N) is 2. The molecule has 2 aliphatic rings. The van der Waals surface area contributed by atoms with Crippen molar-refractivity contribution in [3.8, 4) is 5.75 Å². The molecule has 1 N–H and O–H groups in total. The molecule has 0 spiro atoms. The van der Waals surface area contributed by atoms with Gasteiger partial charge in [0.1, 0.15) is 10.6 Å². The highest BCUT2D eigenvalue weighted by atomic mass is 35.5. The molecule has 5 rings (SSSR count). The van der Waals surface area contributed by atoms with Crippen molar-refractivity contribution in [2.45, 2.75) is 13.0 Å². The lowest BCUT2D eigenvalue weighted by atomic mass is 10.1. The molecule has 0 bridgehead atoms. The summed E-state index contributed by atoms with van der Waals surface area (Å²) in [5.41, 5.74) is 2.56. The average molecular weight is 470 g/mol. The number of amides is 2. The van der Waals surface area contributed by atoms with Gasteiger partial charge in [0.15, 0.2) is 0 Å². The molecule has 8 heteroatoms. The summed E-state index contributed by atoms with van der Waals surface area (Å²) in [5.74, 6) is 0.636. The molecule has 0 aliphatic carbocycles. The SMILES string of the molecule is O=C(NCC(=O)N1CCN(Cc2ccc3c(c2)CCO3)CC1)c1sc2ccccc2c1Cl. The normalized spacial score (nSPS) is 16.1. The Morgan fingerprint density at radius 3 is 2.72 bits per heavy atom. The van der Waals surface area contributed by atoms with E-state index in [9.17, 15) is 9.59 Å². The van der Waals surface area contributed by atoms with E-state index >= 15 is 0 Å². The second-order valence-corrected chi connectivity index (χ2v) is 9.55. The molecule has 1 saturated heterocycles. The second kappa shape index (κ2) is 9.10. The molecule has 2 amide bonds. The number of carbonyl (C=O) groups excluding carboxylic acids is 2. The predicted molar refractivity (Wildman–Crippen MR) is 127 cm³/mol. The molecule has 32 heavy (non-hydrogen) atoms. The summed E-state index contributed by atoms with van der Waals surface area (Å²) in [7, 11) is 0. The van der Waals surface area contributed by atoms with Crippen molar-refractivity contribution in [2.75, 3.05) is 39.3 Å². The van der Waals surface area contributed by atoms with Gasteiger partial charge in [0, 0.05) is 49.2 Å². The zero-order chi connectivity index (χ0) is 22.1. The monoisotopic (exact) mass is 469 g/mol. The van der Waals surface area contributed by atoms with Crippen LogP contribution in [-0.4, -0.2) is 60.9 Å². The number of halogens is 1. The minimum atomic E-state index is -0.302. The molecule has 1 fully saturated rings. The van der Waals surface area contributed by atoms with Gasteiger partial charge >= 0.3 is 0 Å². The van der Waals surface area contributed by atoms with Gasteiger partial charge < -0.3 is 15.0 Å². The molecule has 3 aromatic rings. The Bertz CT molecular complexity index is 1170. The van der Waals surface area contributed by atoms with Crippen LogP contribution in [0.4, 0.5) is 0 Å². The number of hydrogen-bond donors (Lipinski definition) is 1. The lowest BCUT2D eigenvalue weighted by Gasteiger charge is -2.34. The summed E-state index contributed by atoms with van der Waals surface area (Å²) in [6.45, 7) is 4.57. The summed E-state index contributed by atoms with van der Waals surface area (Å²) in [4.78, 5) is 29.8. The highest BCUT2D eigenvalue weighted by Crippen LogP contribution is 2.35. The van der Waals surface area contributed by atoms with Crippen LogP contribution in [0.3, 0.4) is 0 Å². The first-order chi connectivity index (χ1) is 15.6. The standard InChI is InChI=1S/C24H24ClN3O3S/c25-22-18-3-1-2-4-20(18)32-23(22)24(30)26-14-21(29)28-10-8-27(9-11-28)15-16-5-6-19-17(13-16)7-12-31-19/h1-6,13H,7-12,14-15H2,(H,26,30). The molecule has 0 atom stereocenters. The van der Waals surface area contributed by atoms with Crippen LogP contribution in [0.15, 0.2) is 42.5 Å². The molecule has 2 aromatic carbocycles. The van der Waals surface area contributed by atoms with Crippen molar-refractivity contribution < 1.29 is 14.3 Å². The third-order valence-corrected chi connectivity index (χ3v) is 7.70. The van der Waals surface area contributed by atoms with Crippen molar-refractivity contribution in [2.24, 2.45) is 0 Å². The molecule has 2 aliphatic heterocycles. The van der Waals surface area contributed by atoms with Crippen LogP contribution in [0, 0.1) is 0 Å². The fourth-order valence-corrected chi connectivity index (χ4v) is 5.69. The quantitative estimate of drug-likeness (QED) is 0.620. The van der Waals surface area contributed by atoms with E-state index in [1.165, 1.54) is 22.5 Å². The molecule has 0 saturated carbocycles. The molecular formula is C24H24ClN3O3S. The number of rotatable bonds is 5. The van der Waals surface area contributed by atoms with E-state index in [4.69, 9.17) is 16.3 Å². The lowest BCUT2D eigenvalue weighted by Crippen LogP contribution is -2.50. The Balaban J connectivity index is 1.11. The van der Waals surface area contributed by atoms with Gasteiger partial charge in [0.25, 0.3) is 5.91 Å². The Kier molecular flexibility index (Phi) is 6.04. The predicted octanol–water partition coefficient (Wildman–Crippen LogP) is 3.56. The van der Waals surface area contributed by atoms with Gasteiger partial charge in [-0.1, -0.05) is 41.9 Å². The minimum Gasteiger partial charge on any atom is -0.493 e. The number of benzene rings is 2. The summed E-state index contributed by atoms with van der Waals surface area (Å²) in [5, 5.41) is 4.05. The molecular weight excluding hydrogens is 446 g/mol. The van der Waals surface area contributed by atoms with E-state index in [1.807, 2.05) is 29.2 Å². The van der Waals surface area contributed by atoms with E-state index in [0.29, 0.717) is 23.0 Å². The van der Waals surface area contributed by atoms with Crippen molar-refractivity contribution in [1.82, 2.24) is 15.1 Å².